The minimum absolute atomic E-state index is 0.0158. The van der Waals surface area contributed by atoms with Crippen LogP contribution >= 0.6 is 15.9 Å². The van der Waals surface area contributed by atoms with Crippen molar-refractivity contribution >= 4 is 44.5 Å². The average molecular weight is 564 g/mol. The van der Waals surface area contributed by atoms with E-state index in [0.29, 0.717) is 33.7 Å². The first kappa shape index (κ1) is 25.6. The van der Waals surface area contributed by atoms with Gasteiger partial charge in [-0.15, -0.1) is 0 Å². The number of phenolic OH excluding ortho intramolecular Hbond substituents is 1. The second-order valence-corrected chi connectivity index (χ2v) is 8.74. The van der Waals surface area contributed by atoms with E-state index in [1.54, 1.807) is 30.3 Å². The van der Waals surface area contributed by atoms with E-state index in [1.807, 2.05) is 31.2 Å². The van der Waals surface area contributed by atoms with Crippen LogP contribution in [0.4, 0.5) is 5.69 Å². The van der Waals surface area contributed by atoms with Gasteiger partial charge < -0.3 is 14.6 Å². The molecule has 4 aromatic rings. The van der Waals surface area contributed by atoms with Gasteiger partial charge in [0.05, 0.1) is 23.3 Å². The van der Waals surface area contributed by atoms with Crippen molar-refractivity contribution < 1.29 is 24.3 Å². The van der Waals surface area contributed by atoms with E-state index in [4.69, 9.17) is 9.47 Å². The number of benzene rings is 4. The molecule has 0 spiro atoms. The van der Waals surface area contributed by atoms with Gasteiger partial charge in [0.1, 0.15) is 12.4 Å². The van der Waals surface area contributed by atoms with Crippen molar-refractivity contribution in [2.24, 2.45) is 5.10 Å². The topological polar surface area (TPSA) is 123 Å². The molecule has 4 rings (SSSR count). The lowest BCUT2D eigenvalue weighted by atomic mass is 10.1. The van der Waals surface area contributed by atoms with Gasteiger partial charge in [-0.1, -0.05) is 36.4 Å². The largest absolute Gasteiger partial charge is 0.507 e. The summed E-state index contributed by atoms with van der Waals surface area (Å²) in [5, 5.41) is 26.9. The highest BCUT2D eigenvalue weighted by atomic mass is 79.9. The number of nitro groups is 1. The van der Waals surface area contributed by atoms with Gasteiger partial charge in [-0.25, -0.2) is 5.43 Å². The summed E-state index contributed by atoms with van der Waals surface area (Å²) in [6, 6.07) is 20.1. The van der Waals surface area contributed by atoms with Crippen molar-refractivity contribution in [1.82, 2.24) is 5.43 Å². The number of phenols is 1. The van der Waals surface area contributed by atoms with E-state index in [1.165, 1.54) is 24.4 Å². The Morgan fingerprint density at radius 2 is 1.78 bits per heavy atom. The van der Waals surface area contributed by atoms with E-state index >= 15 is 0 Å². The Hall–Kier alpha value is -4.44. The van der Waals surface area contributed by atoms with Gasteiger partial charge in [0, 0.05) is 22.2 Å². The molecule has 0 aliphatic heterocycles. The number of nitrogens with one attached hydrogen (secondary N) is 1. The normalized spacial score (nSPS) is 11.0. The van der Waals surface area contributed by atoms with Gasteiger partial charge in [-0.05, 0) is 63.5 Å². The molecule has 4 aromatic carbocycles. The first-order valence-corrected chi connectivity index (χ1v) is 12.0. The highest BCUT2D eigenvalue weighted by molar-refractivity contribution is 9.10. The number of hydrogen-bond donors (Lipinski definition) is 2. The first-order chi connectivity index (χ1) is 17.9. The summed E-state index contributed by atoms with van der Waals surface area (Å²) in [7, 11) is 0. The van der Waals surface area contributed by atoms with Crippen LogP contribution in [0.1, 0.15) is 28.4 Å². The highest BCUT2D eigenvalue weighted by Crippen LogP contribution is 2.34. The maximum atomic E-state index is 12.6. The van der Waals surface area contributed by atoms with Crippen LogP contribution in [0.3, 0.4) is 0 Å². The number of nitrogens with zero attached hydrogens (tertiary/aromatic N) is 2. The number of nitro benzene ring substituents is 1. The summed E-state index contributed by atoms with van der Waals surface area (Å²) >= 11 is 3.47. The van der Waals surface area contributed by atoms with E-state index < -0.39 is 10.8 Å². The second kappa shape index (κ2) is 11.5. The minimum atomic E-state index is -0.558. The molecule has 188 valence electrons. The standard InChI is InChI=1S/C27H22BrN3O6/c1-2-36-25-13-20(23(28)14-26(25)37-16-17-6-5-9-21(10-17)31(34)35)15-29-30-27(33)22-11-18-7-3-4-8-19(18)12-24(22)32/h3-15,32H,2,16H2,1H3,(H,30,33). The van der Waals surface area contributed by atoms with Crippen LogP contribution in [0.5, 0.6) is 17.2 Å². The summed E-state index contributed by atoms with van der Waals surface area (Å²) in [6.45, 7) is 2.31. The van der Waals surface area contributed by atoms with Gasteiger partial charge >= 0.3 is 0 Å². The highest BCUT2D eigenvalue weighted by Gasteiger charge is 2.14. The Morgan fingerprint density at radius 1 is 1.05 bits per heavy atom. The molecule has 0 heterocycles. The number of fused-ring (bicyclic) bond motifs is 1. The third-order valence-electron chi connectivity index (χ3n) is 5.36. The van der Waals surface area contributed by atoms with Crippen molar-refractivity contribution in [1.29, 1.82) is 0 Å². The third kappa shape index (κ3) is 6.22. The molecule has 37 heavy (non-hydrogen) atoms. The predicted molar refractivity (Wildman–Crippen MR) is 143 cm³/mol. The zero-order chi connectivity index (χ0) is 26.4. The van der Waals surface area contributed by atoms with Crippen LogP contribution in [-0.4, -0.2) is 28.8 Å². The summed E-state index contributed by atoms with van der Waals surface area (Å²) in [4.78, 5) is 23.2. The molecule has 10 heteroatoms. The molecule has 0 bridgehead atoms. The van der Waals surface area contributed by atoms with E-state index in [2.05, 4.69) is 26.5 Å². The van der Waals surface area contributed by atoms with Crippen LogP contribution < -0.4 is 14.9 Å². The number of carbonyl (C=O) groups excluding carboxylic acids is 1. The van der Waals surface area contributed by atoms with Crippen LogP contribution in [0.25, 0.3) is 10.8 Å². The molecule has 0 atom stereocenters. The Balaban J connectivity index is 1.49. The molecule has 0 aromatic heterocycles. The molecule has 0 saturated heterocycles. The molecular formula is C27H22BrN3O6. The van der Waals surface area contributed by atoms with Crippen LogP contribution in [-0.2, 0) is 6.61 Å². The molecular weight excluding hydrogens is 542 g/mol. The molecule has 2 N–H and O–H groups in total. The first-order valence-electron chi connectivity index (χ1n) is 11.2. The van der Waals surface area contributed by atoms with Crippen LogP contribution in [0.15, 0.2) is 82.4 Å². The van der Waals surface area contributed by atoms with Gasteiger partial charge in [-0.3, -0.25) is 14.9 Å². The lowest BCUT2D eigenvalue weighted by Crippen LogP contribution is -2.17. The van der Waals surface area contributed by atoms with Crippen LogP contribution in [0, 0.1) is 10.1 Å². The van der Waals surface area contributed by atoms with Gasteiger partial charge in [0.15, 0.2) is 11.5 Å². The number of carbonyl (C=O) groups is 1. The summed E-state index contributed by atoms with van der Waals surface area (Å²) < 4.78 is 12.2. The molecule has 0 aliphatic rings. The second-order valence-electron chi connectivity index (χ2n) is 7.88. The fourth-order valence-corrected chi connectivity index (χ4v) is 4.01. The number of hydrogen-bond acceptors (Lipinski definition) is 7. The molecule has 0 aliphatic carbocycles. The van der Waals surface area contributed by atoms with Crippen molar-refractivity contribution in [3.63, 3.8) is 0 Å². The average Bonchev–Trinajstić information content (AvgIpc) is 2.89. The van der Waals surface area contributed by atoms with Crippen LogP contribution in [0.2, 0.25) is 0 Å². The fourth-order valence-electron chi connectivity index (χ4n) is 3.58. The summed E-state index contributed by atoms with van der Waals surface area (Å²) in [5.74, 6) is 0.174. The molecule has 1 amide bonds. The molecule has 9 nitrogen and oxygen atoms in total. The SMILES string of the molecule is CCOc1cc(C=NNC(=O)c2cc3ccccc3cc2O)c(Br)cc1OCc1cccc([N+](=O)[O-])c1. The zero-order valence-corrected chi connectivity index (χ0v) is 21.3. The minimum Gasteiger partial charge on any atom is -0.507 e. The smallest absolute Gasteiger partial charge is 0.275 e. The predicted octanol–water partition coefficient (Wildman–Crippen LogP) is 5.96. The number of non-ortho nitro benzene ring substituents is 1. The van der Waals surface area contributed by atoms with E-state index in [-0.39, 0.29) is 23.6 Å². The van der Waals surface area contributed by atoms with E-state index in [0.717, 1.165) is 10.8 Å². The van der Waals surface area contributed by atoms with Crippen molar-refractivity contribution in [3.8, 4) is 17.2 Å². The molecule has 0 fully saturated rings. The molecule has 0 saturated carbocycles. The van der Waals surface area contributed by atoms with Gasteiger partial charge in [-0.2, -0.15) is 5.10 Å². The maximum absolute atomic E-state index is 12.6. The van der Waals surface area contributed by atoms with Crippen molar-refractivity contribution in [3.05, 3.63) is 104 Å². The molecule has 0 radical (unpaired) electrons. The number of hydrazone groups is 1. The molecule has 0 unspecified atom stereocenters. The summed E-state index contributed by atoms with van der Waals surface area (Å²) in [5.41, 5.74) is 3.76. The van der Waals surface area contributed by atoms with Gasteiger partial charge in [0.2, 0.25) is 0 Å². The Labute approximate surface area is 220 Å². The Morgan fingerprint density at radius 3 is 2.51 bits per heavy atom. The van der Waals surface area contributed by atoms with Crippen molar-refractivity contribution in [2.75, 3.05) is 6.61 Å². The lowest BCUT2D eigenvalue weighted by Gasteiger charge is -2.14. The zero-order valence-electron chi connectivity index (χ0n) is 19.7. The maximum Gasteiger partial charge on any atom is 0.275 e. The van der Waals surface area contributed by atoms with E-state index in [9.17, 15) is 20.0 Å². The number of aromatic hydroxyl groups is 1. The fraction of sp³-hybridized carbons (Fsp3) is 0.111. The lowest BCUT2D eigenvalue weighted by molar-refractivity contribution is -0.384. The number of halogens is 1. The number of amides is 1. The Kier molecular flexibility index (Phi) is 7.99. The summed E-state index contributed by atoms with van der Waals surface area (Å²) in [6.07, 6.45) is 1.44. The van der Waals surface area contributed by atoms with Gasteiger partial charge in [0.25, 0.3) is 11.6 Å². The third-order valence-corrected chi connectivity index (χ3v) is 6.04. The Bertz CT molecular complexity index is 1510. The number of ether oxygens (including phenoxy) is 2. The number of rotatable bonds is 9. The monoisotopic (exact) mass is 563 g/mol. The quantitative estimate of drug-likeness (QED) is 0.147. The van der Waals surface area contributed by atoms with Crippen molar-refractivity contribution in [2.45, 2.75) is 13.5 Å².